The van der Waals surface area contributed by atoms with Gasteiger partial charge >= 0.3 is 5.97 Å². The van der Waals surface area contributed by atoms with Crippen molar-refractivity contribution in [1.82, 2.24) is 0 Å². The second-order valence-electron chi connectivity index (χ2n) is 6.13. The summed E-state index contributed by atoms with van der Waals surface area (Å²) >= 11 is 0. The number of ether oxygens (including phenoxy) is 2. The molecule has 0 unspecified atom stereocenters. The smallest absolute Gasteiger partial charge is 0.306 e. The summed E-state index contributed by atoms with van der Waals surface area (Å²) < 4.78 is 24.1. The van der Waals surface area contributed by atoms with Gasteiger partial charge in [-0.05, 0) is 56.7 Å². The van der Waals surface area contributed by atoms with Gasteiger partial charge in [0.1, 0.15) is 11.6 Å². The highest BCUT2D eigenvalue weighted by Gasteiger charge is 2.18. The molecule has 0 bridgehead atoms. The highest BCUT2D eigenvalue weighted by molar-refractivity contribution is 5.95. The number of ketones is 1. The molecule has 0 spiro atoms. The van der Waals surface area contributed by atoms with Crippen LogP contribution >= 0.6 is 0 Å². The first-order chi connectivity index (χ1) is 13.4. The van der Waals surface area contributed by atoms with Crippen molar-refractivity contribution in [2.75, 3.05) is 11.9 Å². The molecule has 6 nitrogen and oxygen atoms in total. The number of amides is 1. The van der Waals surface area contributed by atoms with E-state index in [-0.39, 0.29) is 24.5 Å². The zero-order chi connectivity index (χ0) is 20.5. The quantitative estimate of drug-likeness (QED) is 0.403. The lowest BCUT2D eigenvalue weighted by Gasteiger charge is -2.14. The van der Waals surface area contributed by atoms with E-state index in [2.05, 4.69) is 5.32 Å². The molecule has 0 fully saturated rings. The van der Waals surface area contributed by atoms with E-state index in [1.807, 2.05) is 0 Å². The molecule has 148 valence electrons. The Kier molecular flexibility index (Phi) is 7.68. The number of benzene rings is 2. The number of halogens is 1. The van der Waals surface area contributed by atoms with Crippen molar-refractivity contribution in [2.24, 2.45) is 0 Å². The van der Waals surface area contributed by atoms with Crippen LogP contribution in [0.1, 0.15) is 37.0 Å². The van der Waals surface area contributed by atoms with Crippen molar-refractivity contribution in [3.63, 3.8) is 0 Å². The van der Waals surface area contributed by atoms with Gasteiger partial charge in [-0.1, -0.05) is 12.1 Å². The summed E-state index contributed by atoms with van der Waals surface area (Å²) in [6.45, 7) is 3.19. The zero-order valence-corrected chi connectivity index (χ0v) is 15.7. The molecule has 0 saturated heterocycles. The summed E-state index contributed by atoms with van der Waals surface area (Å²) in [6, 6.07) is 12.4. The van der Waals surface area contributed by atoms with Crippen LogP contribution in [0.3, 0.4) is 0 Å². The number of hydrogen-bond acceptors (Lipinski definition) is 5. The molecule has 7 heteroatoms. The molecule has 2 aromatic carbocycles. The Bertz CT molecular complexity index is 835. The molecule has 0 aromatic heterocycles. The van der Waals surface area contributed by atoms with Crippen LogP contribution in [0.25, 0.3) is 0 Å². The number of hydrogen-bond donors (Lipinski definition) is 1. The minimum Gasteiger partial charge on any atom is -0.494 e. The van der Waals surface area contributed by atoms with Crippen LogP contribution < -0.4 is 10.1 Å². The average molecular weight is 387 g/mol. The predicted molar refractivity (Wildman–Crippen MR) is 102 cm³/mol. The molecule has 2 aromatic rings. The third-order valence-electron chi connectivity index (χ3n) is 3.86. The molecular weight excluding hydrogens is 365 g/mol. The Labute approximate surface area is 162 Å². The van der Waals surface area contributed by atoms with Gasteiger partial charge in [-0.2, -0.15) is 0 Å². The SMILES string of the molecule is CC(=O)c1ccc(OCCCC(=O)O[C@@H](C)C(=O)Nc2ccccc2F)cc1. The molecule has 0 saturated carbocycles. The van der Waals surface area contributed by atoms with Gasteiger partial charge in [0.25, 0.3) is 5.91 Å². The van der Waals surface area contributed by atoms with E-state index in [1.54, 1.807) is 30.3 Å². The third kappa shape index (κ3) is 6.50. The van der Waals surface area contributed by atoms with Gasteiger partial charge in [0, 0.05) is 12.0 Å². The van der Waals surface area contributed by atoms with Gasteiger partial charge < -0.3 is 14.8 Å². The second kappa shape index (κ2) is 10.2. The zero-order valence-electron chi connectivity index (χ0n) is 15.7. The van der Waals surface area contributed by atoms with Gasteiger partial charge in [0.15, 0.2) is 11.9 Å². The number of nitrogens with one attached hydrogen (secondary N) is 1. The van der Waals surface area contributed by atoms with Crippen LogP contribution in [0.5, 0.6) is 5.75 Å². The van der Waals surface area contributed by atoms with Crippen LogP contribution in [0.4, 0.5) is 10.1 Å². The first kappa shape index (κ1) is 21.1. The Balaban J connectivity index is 1.69. The number of para-hydroxylation sites is 1. The molecule has 1 atom stereocenters. The first-order valence-electron chi connectivity index (χ1n) is 8.85. The third-order valence-corrected chi connectivity index (χ3v) is 3.86. The maximum absolute atomic E-state index is 13.5. The number of carbonyl (C=O) groups is 3. The van der Waals surface area contributed by atoms with Gasteiger partial charge in [0.2, 0.25) is 0 Å². The first-order valence-corrected chi connectivity index (χ1v) is 8.85. The minimum absolute atomic E-state index is 0.0255. The lowest BCUT2D eigenvalue weighted by atomic mass is 10.1. The van der Waals surface area contributed by atoms with Crippen molar-refractivity contribution in [2.45, 2.75) is 32.8 Å². The molecule has 0 aliphatic heterocycles. The predicted octanol–water partition coefficient (Wildman–Crippen LogP) is 3.76. The van der Waals surface area contributed by atoms with Crippen LogP contribution in [0.15, 0.2) is 48.5 Å². The van der Waals surface area contributed by atoms with E-state index >= 15 is 0 Å². The summed E-state index contributed by atoms with van der Waals surface area (Å²) in [4.78, 5) is 35.0. The summed E-state index contributed by atoms with van der Waals surface area (Å²) in [5.41, 5.74) is 0.623. The van der Waals surface area contributed by atoms with Crippen molar-refractivity contribution < 1.29 is 28.2 Å². The molecule has 0 aliphatic rings. The van der Waals surface area contributed by atoms with Crippen LogP contribution in [0, 0.1) is 5.82 Å². The van der Waals surface area contributed by atoms with Gasteiger partial charge in [-0.3, -0.25) is 14.4 Å². The highest BCUT2D eigenvalue weighted by atomic mass is 19.1. The molecule has 28 heavy (non-hydrogen) atoms. The molecular formula is C21H22FNO5. The van der Waals surface area contributed by atoms with Crippen LogP contribution in [-0.2, 0) is 14.3 Å². The van der Waals surface area contributed by atoms with E-state index in [9.17, 15) is 18.8 Å². The monoisotopic (exact) mass is 387 g/mol. The topological polar surface area (TPSA) is 81.7 Å². The van der Waals surface area contributed by atoms with E-state index in [0.717, 1.165) is 0 Å². The average Bonchev–Trinajstić information content (AvgIpc) is 2.67. The van der Waals surface area contributed by atoms with E-state index in [1.165, 1.54) is 32.0 Å². The number of Topliss-reactive ketones (excluding diaryl/α,β-unsaturated/α-hetero) is 1. The second-order valence-corrected chi connectivity index (χ2v) is 6.13. The fourth-order valence-electron chi connectivity index (χ4n) is 2.30. The van der Waals surface area contributed by atoms with Gasteiger partial charge in [0.05, 0.1) is 12.3 Å². The van der Waals surface area contributed by atoms with E-state index in [0.29, 0.717) is 17.7 Å². The fraction of sp³-hybridized carbons (Fsp3) is 0.286. The summed E-state index contributed by atoms with van der Waals surface area (Å²) in [6.07, 6.45) is -0.579. The van der Waals surface area contributed by atoms with Crippen molar-refractivity contribution >= 4 is 23.3 Å². The number of anilines is 1. The highest BCUT2D eigenvalue weighted by Crippen LogP contribution is 2.14. The molecule has 1 amide bonds. The van der Waals surface area contributed by atoms with Crippen LogP contribution in [0.2, 0.25) is 0 Å². The van der Waals surface area contributed by atoms with Crippen LogP contribution in [-0.4, -0.2) is 30.4 Å². The molecule has 0 aliphatic carbocycles. The Morgan fingerprint density at radius 2 is 1.75 bits per heavy atom. The number of rotatable bonds is 9. The largest absolute Gasteiger partial charge is 0.494 e. The molecule has 2 rings (SSSR count). The minimum atomic E-state index is -1.05. The fourth-order valence-corrected chi connectivity index (χ4v) is 2.30. The standard InChI is InChI=1S/C21H22FNO5/c1-14(24)16-9-11-17(12-10-16)27-13-5-8-20(25)28-15(2)21(26)23-19-7-4-3-6-18(19)22/h3-4,6-7,9-12,15H,5,8,13H2,1-2H3,(H,23,26)/t15-/m0/s1. The van der Waals surface area contributed by atoms with Crippen molar-refractivity contribution in [3.8, 4) is 5.75 Å². The van der Waals surface area contributed by atoms with E-state index in [4.69, 9.17) is 9.47 Å². The maximum Gasteiger partial charge on any atom is 0.306 e. The Morgan fingerprint density at radius 1 is 1.07 bits per heavy atom. The van der Waals surface area contributed by atoms with Crippen molar-refractivity contribution in [3.05, 3.63) is 59.9 Å². The Hall–Kier alpha value is -3.22. The molecule has 0 radical (unpaired) electrons. The molecule has 0 heterocycles. The Morgan fingerprint density at radius 3 is 2.39 bits per heavy atom. The summed E-state index contributed by atoms with van der Waals surface area (Å²) in [5.74, 6) is -1.16. The number of carbonyl (C=O) groups excluding carboxylic acids is 3. The lowest BCUT2D eigenvalue weighted by molar-refractivity contribution is -0.153. The summed E-state index contributed by atoms with van der Waals surface area (Å²) in [7, 11) is 0. The van der Waals surface area contributed by atoms with Crippen molar-refractivity contribution in [1.29, 1.82) is 0 Å². The lowest BCUT2D eigenvalue weighted by Crippen LogP contribution is -2.30. The van der Waals surface area contributed by atoms with Gasteiger partial charge in [-0.25, -0.2) is 4.39 Å². The number of esters is 1. The van der Waals surface area contributed by atoms with Gasteiger partial charge in [-0.15, -0.1) is 0 Å². The normalized spacial score (nSPS) is 11.4. The van der Waals surface area contributed by atoms with E-state index < -0.39 is 23.8 Å². The molecule has 1 N–H and O–H groups in total. The maximum atomic E-state index is 13.5. The summed E-state index contributed by atoms with van der Waals surface area (Å²) in [5, 5.41) is 2.38.